The summed E-state index contributed by atoms with van der Waals surface area (Å²) < 4.78 is 24.3. The van der Waals surface area contributed by atoms with E-state index in [1.165, 1.54) is 6.92 Å². The zero-order valence-corrected chi connectivity index (χ0v) is 11.0. The number of rotatable bonds is 5. The number of carboxylic acid groups (broad SMARTS) is 1. The summed E-state index contributed by atoms with van der Waals surface area (Å²) in [5.41, 5.74) is 0.549. The summed E-state index contributed by atoms with van der Waals surface area (Å²) in [6.07, 6.45) is -4.97. The fourth-order valence-corrected chi connectivity index (χ4v) is 1.75. The molecule has 0 saturated carbocycles. The van der Waals surface area contributed by atoms with Crippen molar-refractivity contribution in [3.05, 3.63) is 34.4 Å². The molecule has 0 saturated heterocycles. The van der Waals surface area contributed by atoms with E-state index < -0.39 is 31.0 Å². The van der Waals surface area contributed by atoms with E-state index in [0.717, 1.165) is 0 Å². The lowest BCUT2D eigenvalue weighted by atomic mass is 9.96. The highest BCUT2D eigenvalue weighted by atomic mass is 19.3. The molecule has 0 aliphatic heterocycles. The van der Waals surface area contributed by atoms with Gasteiger partial charge in [0.15, 0.2) is 0 Å². The Labute approximate surface area is 114 Å². The van der Waals surface area contributed by atoms with Crippen LogP contribution in [0.2, 0.25) is 0 Å². The number of halogens is 2. The number of carbonyl (C=O) groups excluding carboxylic acids is 1. The van der Waals surface area contributed by atoms with E-state index in [-0.39, 0.29) is 11.1 Å². The third kappa shape index (κ3) is 3.51. The van der Waals surface area contributed by atoms with E-state index in [2.05, 4.69) is 5.32 Å². The summed E-state index contributed by atoms with van der Waals surface area (Å²) >= 11 is 0. The zero-order valence-electron chi connectivity index (χ0n) is 11.0. The highest BCUT2D eigenvalue weighted by Crippen LogP contribution is 2.19. The molecule has 1 atom stereocenters. The zero-order chi connectivity index (χ0) is 15.4. The summed E-state index contributed by atoms with van der Waals surface area (Å²) in [6, 6.07) is 3.13. The van der Waals surface area contributed by atoms with Crippen molar-refractivity contribution < 1.29 is 28.6 Å². The van der Waals surface area contributed by atoms with Gasteiger partial charge in [-0.15, -0.1) is 0 Å². The van der Waals surface area contributed by atoms with Crippen LogP contribution < -0.4 is 5.32 Å². The first-order valence-corrected chi connectivity index (χ1v) is 5.83. The summed E-state index contributed by atoms with van der Waals surface area (Å²) in [5.74, 6) is -2.07. The summed E-state index contributed by atoms with van der Waals surface area (Å²) in [7, 11) is 0. The molecule has 1 aromatic rings. The number of nitrogens with one attached hydrogen (secondary N) is 1. The van der Waals surface area contributed by atoms with Crippen LogP contribution in [0.4, 0.5) is 8.78 Å². The van der Waals surface area contributed by atoms with Crippen LogP contribution in [-0.2, 0) is 0 Å². The predicted molar refractivity (Wildman–Crippen MR) is 67.2 cm³/mol. The van der Waals surface area contributed by atoms with Gasteiger partial charge in [0, 0.05) is 6.54 Å². The monoisotopic (exact) mass is 287 g/mol. The van der Waals surface area contributed by atoms with Gasteiger partial charge in [-0.1, -0.05) is 12.1 Å². The Kier molecular flexibility index (Phi) is 5.15. The van der Waals surface area contributed by atoms with Crippen molar-refractivity contribution in [1.29, 1.82) is 0 Å². The van der Waals surface area contributed by atoms with Crippen LogP contribution in [0, 0.1) is 13.8 Å². The minimum absolute atomic E-state index is 0.0843. The molecule has 0 fully saturated rings. The number of carboxylic acids is 1. The summed E-state index contributed by atoms with van der Waals surface area (Å²) in [4.78, 5) is 23.1. The van der Waals surface area contributed by atoms with Gasteiger partial charge in [0.25, 0.3) is 12.3 Å². The van der Waals surface area contributed by atoms with E-state index in [9.17, 15) is 18.4 Å². The van der Waals surface area contributed by atoms with E-state index in [1.807, 2.05) is 0 Å². The van der Waals surface area contributed by atoms with Crippen molar-refractivity contribution in [3.8, 4) is 0 Å². The van der Waals surface area contributed by atoms with E-state index in [4.69, 9.17) is 10.2 Å². The van der Waals surface area contributed by atoms with Crippen LogP contribution in [0.3, 0.4) is 0 Å². The Bertz CT molecular complexity index is 531. The van der Waals surface area contributed by atoms with Crippen molar-refractivity contribution in [2.75, 3.05) is 6.54 Å². The molecular formula is C13H15F2NO4. The SMILES string of the molecule is Cc1ccc(C)c(C(=O)NCC(O)C(F)F)c1C(=O)O. The quantitative estimate of drug-likeness (QED) is 0.763. The maximum atomic E-state index is 12.1. The Morgan fingerprint density at radius 2 is 1.70 bits per heavy atom. The van der Waals surface area contributed by atoms with Gasteiger partial charge in [-0.25, -0.2) is 13.6 Å². The number of aliphatic hydroxyl groups excluding tert-OH is 1. The first-order valence-electron chi connectivity index (χ1n) is 5.83. The van der Waals surface area contributed by atoms with Crippen molar-refractivity contribution in [2.24, 2.45) is 0 Å². The number of aryl methyl sites for hydroxylation is 2. The van der Waals surface area contributed by atoms with Crippen molar-refractivity contribution in [3.63, 3.8) is 0 Å². The number of aromatic carboxylic acids is 1. The van der Waals surface area contributed by atoms with Crippen LogP contribution in [0.1, 0.15) is 31.8 Å². The molecule has 1 rings (SSSR count). The molecule has 3 N–H and O–H groups in total. The number of aliphatic hydroxyl groups is 1. The minimum Gasteiger partial charge on any atom is -0.478 e. The van der Waals surface area contributed by atoms with Gasteiger partial charge >= 0.3 is 5.97 Å². The smallest absolute Gasteiger partial charge is 0.336 e. The largest absolute Gasteiger partial charge is 0.478 e. The maximum Gasteiger partial charge on any atom is 0.336 e. The maximum absolute atomic E-state index is 12.1. The highest BCUT2D eigenvalue weighted by Gasteiger charge is 2.23. The van der Waals surface area contributed by atoms with Gasteiger partial charge in [-0.05, 0) is 25.0 Å². The Balaban J connectivity index is 3.04. The number of hydrogen-bond acceptors (Lipinski definition) is 3. The highest BCUT2D eigenvalue weighted by molar-refractivity contribution is 6.06. The molecule has 0 bridgehead atoms. The predicted octanol–water partition coefficient (Wildman–Crippen LogP) is 1.36. The molecule has 0 radical (unpaired) electrons. The fraction of sp³-hybridized carbons (Fsp3) is 0.385. The Hall–Kier alpha value is -2.02. The van der Waals surface area contributed by atoms with E-state index in [1.54, 1.807) is 19.1 Å². The third-order valence-electron chi connectivity index (χ3n) is 2.83. The number of alkyl halides is 2. The normalized spacial score (nSPS) is 12.3. The standard InChI is InChI=1S/C13H15F2NO4/c1-6-3-4-7(2)10(13(19)20)9(6)12(18)16-5-8(17)11(14)15/h3-4,8,11,17H,5H2,1-2H3,(H,16,18)(H,19,20). The molecule has 0 aliphatic rings. The van der Waals surface area contributed by atoms with Crippen LogP contribution >= 0.6 is 0 Å². The molecule has 0 aliphatic carbocycles. The third-order valence-corrected chi connectivity index (χ3v) is 2.83. The van der Waals surface area contributed by atoms with Gasteiger partial charge < -0.3 is 15.5 Å². The molecule has 7 heteroatoms. The van der Waals surface area contributed by atoms with Gasteiger partial charge in [-0.3, -0.25) is 4.79 Å². The Morgan fingerprint density at radius 3 is 2.15 bits per heavy atom. The number of carbonyl (C=O) groups is 2. The van der Waals surface area contributed by atoms with Crippen LogP contribution in [-0.4, -0.2) is 41.2 Å². The number of hydrogen-bond donors (Lipinski definition) is 3. The van der Waals surface area contributed by atoms with Gasteiger partial charge in [0.2, 0.25) is 0 Å². The van der Waals surface area contributed by atoms with Gasteiger partial charge in [-0.2, -0.15) is 0 Å². The van der Waals surface area contributed by atoms with E-state index >= 15 is 0 Å². The second-order valence-corrected chi connectivity index (χ2v) is 4.37. The molecule has 0 aromatic heterocycles. The minimum atomic E-state index is -2.98. The molecule has 1 aromatic carbocycles. The van der Waals surface area contributed by atoms with Crippen molar-refractivity contribution in [2.45, 2.75) is 26.4 Å². The second-order valence-electron chi connectivity index (χ2n) is 4.37. The molecule has 0 heterocycles. The molecule has 110 valence electrons. The summed E-state index contributed by atoms with van der Waals surface area (Å²) in [6.45, 7) is 2.43. The average molecular weight is 287 g/mol. The number of benzene rings is 1. The molecule has 20 heavy (non-hydrogen) atoms. The lowest BCUT2D eigenvalue weighted by Gasteiger charge is -2.14. The van der Waals surface area contributed by atoms with Gasteiger partial charge in [0.1, 0.15) is 6.10 Å². The lowest BCUT2D eigenvalue weighted by molar-refractivity contribution is -0.00272. The van der Waals surface area contributed by atoms with E-state index in [0.29, 0.717) is 11.1 Å². The molecule has 0 spiro atoms. The van der Waals surface area contributed by atoms with Crippen molar-refractivity contribution >= 4 is 11.9 Å². The molecule has 1 unspecified atom stereocenters. The first kappa shape index (κ1) is 16.0. The molecule has 5 nitrogen and oxygen atoms in total. The van der Waals surface area contributed by atoms with Crippen LogP contribution in [0.5, 0.6) is 0 Å². The fourth-order valence-electron chi connectivity index (χ4n) is 1.75. The van der Waals surface area contributed by atoms with Crippen LogP contribution in [0.25, 0.3) is 0 Å². The topological polar surface area (TPSA) is 86.6 Å². The van der Waals surface area contributed by atoms with Gasteiger partial charge in [0.05, 0.1) is 11.1 Å². The van der Waals surface area contributed by atoms with Crippen molar-refractivity contribution in [1.82, 2.24) is 5.32 Å². The average Bonchev–Trinajstić information content (AvgIpc) is 2.37. The Morgan fingerprint density at radius 1 is 1.20 bits per heavy atom. The van der Waals surface area contributed by atoms with Crippen LogP contribution in [0.15, 0.2) is 12.1 Å². The molecule has 1 amide bonds. The molecular weight excluding hydrogens is 272 g/mol. The second kappa shape index (κ2) is 6.42. The number of amides is 1. The first-order chi connectivity index (χ1) is 9.25. The summed E-state index contributed by atoms with van der Waals surface area (Å²) in [5, 5.41) is 20.2. The lowest BCUT2D eigenvalue weighted by Crippen LogP contribution is -2.36.